The van der Waals surface area contributed by atoms with Crippen LogP contribution < -0.4 is 10.6 Å². The lowest BCUT2D eigenvalue weighted by Gasteiger charge is -2.29. The maximum absolute atomic E-state index is 11.2. The van der Waals surface area contributed by atoms with Gasteiger partial charge in [0.15, 0.2) is 0 Å². The third-order valence-corrected chi connectivity index (χ3v) is 5.59. The summed E-state index contributed by atoms with van der Waals surface area (Å²) in [5.74, 6) is 1.93. The van der Waals surface area contributed by atoms with Gasteiger partial charge in [0.05, 0.1) is 6.04 Å². The molecular weight excluding hydrogens is 252 g/mol. The summed E-state index contributed by atoms with van der Waals surface area (Å²) in [6.45, 7) is 9.81. The van der Waals surface area contributed by atoms with Crippen LogP contribution in [0.4, 0.5) is 0 Å². The van der Waals surface area contributed by atoms with Crippen LogP contribution in [-0.2, 0) is 4.79 Å². The lowest BCUT2D eigenvalue weighted by molar-refractivity contribution is -0.118. The molecule has 0 heterocycles. The van der Waals surface area contributed by atoms with Crippen LogP contribution >= 0.6 is 21.6 Å². The van der Waals surface area contributed by atoms with E-state index in [0.29, 0.717) is 0 Å². The lowest BCUT2D eigenvalue weighted by Crippen LogP contribution is -2.43. The number of nitrogens with one attached hydrogen (secondary N) is 2. The van der Waals surface area contributed by atoms with Gasteiger partial charge >= 0.3 is 0 Å². The standard InChI is InChI=1S/C12H24N2OS2/c1-9(2)12(4,14-6)8-17-16-7-11(13-5)10(3)15/h11,13-14H,1,7-8H2,2-6H3. The van der Waals surface area contributed by atoms with Crippen LogP contribution in [0, 0.1) is 0 Å². The Labute approximate surface area is 113 Å². The largest absolute Gasteiger partial charge is 0.310 e. The molecule has 0 aromatic rings. The van der Waals surface area contributed by atoms with Gasteiger partial charge in [-0.1, -0.05) is 33.7 Å². The molecule has 0 rings (SSSR count). The minimum absolute atomic E-state index is 0.0387. The number of Topliss-reactive ketones (excluding diaryl/α,β-unsaturated/α-hetero) is 1. The zero-order chi connectivity index (χ0) is 13.5. The maximum atomic E-state index is 11.2. The van der Waals surface area contributed by atoms with Gasteiger partial charge in [0, 0.05) is 17.0 Å². The Kier molecular flexibility index (Phi) is 8.20. The topological polar surface area (TPSA) is 41.1 Å². The number of rotatable bonds is 9. The average Bonchev–Trinajstić information content (AvgIpc) is 2.27. The smallest absolute Gasteiger partial charge is 0.147 e. The van der Waals surface area contributed by atoms with Crippen molar-refractivity contribution in [2.75, 3.05) is 25.6 Å². The minimum atomic E-state index is -0.0434. The van der Waals surface area contributed by atoms with Crippen LogP contribution in [0.25, 0.3) is 0 Å². The molecule has 2 N–H and O–H groups in total. The van der Waals surface area contributed by atoms with Gasteiger partial charge in [0.1, 0.15) is 5.78 Å². The summed E-state index contributed by atoms with van der Waals surface area (Å²) in [4.78, 5) is 11.2. The third-order valence-electron chi connectivity index (χ3n) is 3.00. The van der Waals surface area contributed by atoms with Crippen molar-refractivity contribution in [3.05, 3.63) is 12.2 Å². The molecule has 0 amide bonds. The molecular formula is C12H24N2OS2. The molecule has 0 aliphatic heterocycles. The van der Waals surface area contributed by atoms with Gasteiger partial charge in [0.25, 0.3) is 0 Å². The van der Waals surface area contributed by atoms with Gasteiger partial charge in [-0.05, 0) is 34.9 Å². The van der Waals surface area contributed by atoms with E-state index in [9.17, 15) is 4.79 Å². The predicted octanol–water partition coefficient (Wildman–Crippen LogP) is 2.10. The van der Waals surface area contributed by atoms with Crippen molar-refractivity contribution in [1.29, 1.82) is 0 Å². The van der Waals surface area contributed by atoms with Gasteiger partial charge < -0.3 is 10.6 Å². The molecule has 2 atom stereocenters. The Bertz CT molecular complexity index is 271. The summed E-state index contributed by atoms with van der Waals surface area (Å²) in [5, 5.41) is 6.31. The maximum Gasteiger partial charge on any atom is 0.147 e. The number of ketones is 1. The van der Waals surface area contributed by atoms with Crippen LogP contribution in [0.15, 0.2) is 12.2 Å². The third kappa shape index (κ3) is 5.95. The molecule has 0 aliphatic carbocycles. The summed E-state index contributed by atoms with van der Waals surface area (Å²) in [7, 11) is 7.27. The molecule has 0 radical (unpaired) electrons. The highest BCUT2D eigenvalue weighted by Crippen LogP contribution is 2.29. The summed E-state index contributed by atoms with van der Waals surface area (Å²) in [6.07, 6.45) is 0. The van der Waals surface area contributed by atoms with Crippen molar-refractivity contribution in [3.63, 3.8) is 0 Å². The second-order valence-corrected chi connectivity index (χ2v) is 6.87. The molecule has 3 nitrogen and oxygen atoms in total. The van der Waals surface area contributed by atoms with E-state index in [1.54, 1.807) is 28.5 Å². The molecule has 0 aliphatic rings. The van der Waals surface area contributed by atoms with Crippen molar-refractivity contribution in [2.45, 2.75) is 32.4 Å². The molecule has 0 bridgehead atoms. The SMILES string of the molecule is C=C(C)C(C)(CSSCC(NC)C(C)=O)NC. The molecule has 2 unspecified atom stereocenters. The normalized spacial score (nSPS) is 16.3. The summed E-state index contributed by atoms with van der Waals surface area (Å²) >= 11 is 0. The van der Waals surface area contributed by atoms with Gasteiger partial charge in [0.2, 0.25) is 0 Å². The van der Waals surface area contributed by atoms with Crippen molar-refractivity contribution in [3.8, 4) is 0 Å². The van der Waals surface area contributed by atoms with E-state index in [4.69, 9.17) is 0 Å². The first-order chi connectivity index (χ1) is 7.87. The van der Waals surface area contributed by atoms with Crippen LogP contribution in [-0.4, -0.2) is 43.0 Å². The minimum Gasteiger partial charge on any atom is -0.310 e. The first-order valence-corrected chi connectivity index (χ1v) is 8.13. The van der Waals surface area contributed by atoms with Crippen molar-refractivity contribution < 1.29 is 4.79 Å². The summed E-state index contributed by atoms with van der Waals surface area (Å²) in [5.41, 5.74) is 1.09. The first kappa shape index (κ1) is 17.0. The quantitative estimate of drug-likeness (QED) is 0.383. The molecule has 0 aromatic heterocycles. The van der Waals surface area contributed by atoms with E-state index in [0.717, 1.165) is 17.1 Å². The van der Waals surface area contributed by atoms with Crippen molar-refractivity contribution in [2.24, 2.45) is 0 Å². The number of hydrogen-bond donors (Lipinski definition) is 2. The van der Waals surface area contributed by atoms with Gasteiger partial charge in [-0.15, -0.1) is 0 Å². The molecule has 0 saturated carbocycles. The summed E-state index contributed by atoms with van der Waals surface area (Å²) in [6, 6.07) is -0.0434. The monoisotopic (exact) mass is 276 g/mol. The molecule has 5 heteroatoms. The van der Waals surface area contributed by atoms with E-state index in [1.807, 2.05) is 21.0 Å². The van der Waals surface area contributed by atoms with Crippen LogP contribution in [0.1, 0.15) is 20.8 Å². The van der Waals surface area contributed by atoms with Gasteiger partial charge in [-0.2, -0.15) is 0 Å². The zero-order valence-electron chi connectivity index (χ0n) is 11.4. The van der Waals surface area contributed by atoms with Crippen LogP contribution in [0.3, 0.4) is 0 Å². The number of carbonyl (C=O) groups excluding carboxylic acids is 1. The van der Waals surface area contributed by atoms with E-state index < -0.39 is 0 Å². The van der Waals surface area contributed by atoms with Crippen LogP contribution in [0.2, 0.25) is 0 Å². The fourth-order valence-corrected chi connectivity index (χ4v) is 4.09. The zero-order valence-corrected chi connectivity index (χ0v) is 13.1. The highest BCUT2D eigenvalue weighted by molar-refractivity contribution is 8.76. The van der Waals surface area contributed by atoms with Gasteiger partial charge in [-0.3, -0.25) is 4.79 Å². The highest BCUT2D eigenvalue weighted by Gasteiger charge is 2.23. The fourth-order valence-electron chi connectivity index (χ4n) is 1.09. The van der Waals surface area contributed by atoms with E-state index in [-0.39, 0.29) is 17.4 Å². The molecule has 0 saturated heterocycles. The van der Waals surface area contributed by atoms with E-state index in [1.165, 1.54) is 0 Å². The van der Waals surface area contributed by atoms with E-state index in [2.05, 4.69) is 24.1 Å². The van der Waals surface area contributed by atoms with Crippen molar-refractivity contribution in [1.82, 2.24) is 10.6 Å². The predicted molar refractivity (Wildman–Crippen MR) is 80.7 cm³/mol. The molecule has 17 heavy (non-hydrogen) atoms. The van der Waals surface area contributed by atoms with E-state index >= 15 is 0 Å². The fraction of sp³-hybridized carbons (Fsp3) is 0.750. The molecule has 0 fully saturated rings. The Morgan fingerprint density at radius 2 is 1.94 bits per heavy atom. The number of carbonyl (C=O) groups is 1. The van der Waals surface area contributed by atoms with Crippen molar-refractivity contribution >= 4 is 27.4 Å². The average molecular weight is 276 g/mol. The Balaban J connectivity index is 3.99. The second kappa shape index (κ2) is 8.19. The lowest BCUT2D eigenvalue weighted by atomic mass is 9.97. The molecule has 0 spiro atoms. The molecule has 0 aromatic carbocycles. The second-order valence-electron chi connectivity index (χ2n) is 4.36. The molecule has 100 valence electrons. The summed E-state index contributed by atoms with van der Waals surface area (Å²) < 4.78 is 0. The first-order valence-electron chi connectivity index (χ1n) is 5.64. The Hall–Kier alpha value is 0.0300. The van der Waals surface area contributed by atoms with Gasteiger partial charge in [-0.25, -0.2) is 0 Å². The highest BCUT2D eigenvalue weighted by atomic mass is 33.1. The Morgan fingerprint density at radius 3 is 2.29 bits per heavy atom. The number of likely N-dealkylation sites (N-methyl/N-ethyl adjacent to an activating group) is 2. The number of hydrogen-bond acceptors (Lipinski definition) is 5. The van der Waals surface area contributed by atoms with Crippen LogP contribution in [0.5, 0.6) is 0 Å². The Morgan fingerprint density at radius 1 is 1.35 bits per heavy atom.